The Morgan fingerprint density at radius 2 is 1.71 bits per heavy atom. The molecule has 0 fully saturated rings. The van der Waals surface area contributed by atoms with Gasteiger partial charge in [-0.05, 0) is 42.7 Å². The zero-order chi connectivity index (χ0) is 21.6. The van der Waals surface area contributed by atoms with Gasteiger partial charge in [-0.1, -0.05) is 48.5 Å². The van der Waals surface area contributed by atoms with Crippen LogP contribution in [0, 0.1) is 12.7 Å². The molecular formula is C25H23FN4O. The van der Waals surface area contributed by atoms with E-state index in [1.54, 1.807) is 42.4 Å². The minimum absolute atomic E-state index is 0.139. The van der Waals surface area contributed by atoms with Crippen molar-refractivity contribution in [2.75, 3.05) is 6.54 Å². The lowest BCUT2D eigenvalue weighted by molar-refractivity contribution is 0.0744. The van der Waals surface area contributed by atoms with Crippen LogP contribution in [-0.2, 0) is 13.0 Å². The smallest absolute Gasteiger partial charge is 0.257 e. The van der Waals surface area contributed by atoms with Crippen molar-refractivity contribution in [1.29, 1.82) is 0 Å². The van der Waals surface area contributed by atoms with Gasteiger partial charge in [-0.2, -0.15) is 5.10 Å². The number of pyridine rings is 1. The minimum Gasteiger partial charge on any atom is -0.334 e. The molecule has 4 aromatic rings. The molecule has 0 aliphatic heterocycles. The molecule has 0 bridgehead atoms. The Morgan fingerprint density at radius 3 is 2.45 bits per heavy atom. The molecule has 5 nitrogen and oxygen atoms in total. The number of carbonyl (C=O) groups excluding carboxylic acids is 1. The summed E-state index contributed by atoms with van der Waals surface area (Å²) in [4.78, 5) is 19.4. The molecule has 0 spiro atoms. The molecular weight excluding hydrogens is 391 g/mol. The Bertz CT molecular complexity index is 1160. The first-order chi connectivity index (χ1) is 15.1. The third-order valence-electron chi connectivity index (χ3n) is 5.22. The molecule has 0 atom stereocenters. The number of rotatable bonds is 7. The van der Waals surface area contributed by atoms with Gasteiger partial charge >= 0.3 is 0 Å². The van der Waals surface area contributed by atoms with Gasteiger partial charge in [0.2, 0.25) is 0 Å². The topological polar surface area (TPSA) is 51.0 Å². The first-order valence-corrected chi connectivity index (χ1v) is 10.1. The third kappa shape index (κ3) is 4.69. The van der Waals surface area contributed by atoms with Gasteiger partial charge in [-0.25, -0.2) is 9.07 Å². The fourth-order valence-electron chi connectivity index (χ4n) is 3.53. The Labute approximate surface area is 180 Å². The average molecular weight is 414 g/mol. The molecule has 2 aromatic heterocycles. The lowest BCUT2D eigenvalue weighted by Crippen LogP contribution is -2.33. The van der Waals surface area contributed by atoms with Crippen molar-refractivity contribution in [3.8, 4) is 5.69 Å². The molecule has 4 rings (SSSR count). The molecule has 0 saturated heterocycles. The summed E-state index contributed by atoms with van der Waals surface area (Å²) in [5.74, 6) is -0.524. The summed E-state index contributed by atoms with van der Waals surface area (Å²) >= 11 is 0. The fraction of sp³-hybridized carbons (Fsp3) is 0.160. The number of nitrogens with zero attached hydrogens (tertiary/aromatic N) is 4. The average Bonchev–Trinajstić information content (AvgIpc) is 3.19. The van der Waals surface area contributed by atoms with E-state index in [4.69, 9.17) is 0 Å². The van der Waals surface area contributed by atoms with Crippen LogP contribution >= 0.6 is 0 Å². The Kier molecular flexibility index (Phi) is 6.17. The van der Waals surface area contributed by atoms with Crippen molar-refractivity contribution in [2.45, 2.75) is 19.9 Å². The molecule has 0 aliphatic rings. The number of carbonyl (C=O) groups is 1. The number of amides is 1. The summed E-state index contributed by atoms with van der Waals surface area (Å²) in [6.07, 6.45) is 5.72. The van der Waals surface area contributed by atoms with E-state index in [-0.39, 0.29) is 11.7 Å². The first kappa shape index (κ1) is 20.5. The zero-order valence-electron chi connectivity index (χ0n) is 17.3. The van der Waals surface area contributed by atoms with E-state index in [1.165, 1.54) is 16.9 Å². The molecule has 0 aliphatic carbocycles. The summed E-state index contributed by atoms with van der Waals surface area (Å²) in [5.41, 5.74) is 3.49. The van der Waals surface area contributed by atoms with E-state index >= 15 is 0 Å². The van der Waals surface area contributed by atoms with Crippen molar-refractivity contribution < 1.29 is 9.18 Å². The van der Waals surface area contributed by atoms with Crippen molar-refractivity contribution in [1.82, 2.24) is 19.7 Å². The predicted molar refractivity (Wildman–Crippen MR) is 117 cm³/mol. The molecule has 0 radical (unpaired) electrons. The SMILES string of the molecule is Cc1c(C(=O)N(CCc2ccccc2)Cc2cccnc2)cnn1-c1ccccc1F. The van der Waals surface area contributed by atoms with Crippen LogP contribution in [0.5, 0.6) is 0 Å². The molecule has 31 heavy (non-hydrogen) atoms. The highest BCUT2D eigenvalue weighted by molar-refractivity contribution is 5.95. The van der Waals surface area contributed by atoms with Crippen molar-refractivity contribution >= 4 is 5.91 Å². The minimum atomic E-state index is -0.385. The second-order valence-corrected chi connectivity index (χ2v) is 7.33. The highest BCUT2D eigenvalue weighted by Gasteiger charge is 2.22. The van der Waals surface area contributed by atoms with Gasteiger partial charge in [0.15, 0.2) is 0 Å². The molecule has 1 amide bonds. The monoisotopic (exact) mass is 414 g/mol. The normalized spacial score (nSPS) is 10.8. The predicted octanol–water partition coefficient (Wildman–Crippen LogP) is 4.60. The fourth-order valence-corrected chi connectivity index (χ4v) is 3.53. The summed E-state index contributed by atoms with van der Waals surface area (Å²) in [7, 11) is 0. The van der Waals surface area contributed by atoms with E-state index in [0.29, 0.717) is 30.0 Å². The van der Waals surface area contributed by atoms with Crippen LogP contribution in [0.3, 0.4) is 0 Å². The van der Waals surface area contributed by atoms with Crippen molar-refractivity contribution in [3.63, 3.8) is 0 Å². The third-order valence-corrected chi connectivity index (χ3v) is 5.22. The molecule has 2 heterocycles. The molecule has 156 valence electrons. The van der Waals surface area contributed by atoms with E-state index in [2.05, 4.69) is 10.1 Å². The summed E-state index contributed by atoms with van der Waals surface area (Å²) < 4.78 is 15.7. The second-order valence-electron chi connectivity index (χ2n) is 7.33. The maximum Gasteiger partial charge on any atom is 0.257 e. The van der Waals surface area contributed by atoms with E-state index in [1.807, 2.05) is 42.5 Å². The van der Waals surface area contributed by atoms with Crippen molar-refractivity contribution in [2.24, 2.45) is 0 Å². The van der Waals surface area contributed by atoms with E-state index in [0.717, 1.165) is 17.5 Å². The largest absolute Gasteiger partial charge is 0.334 e. The lowest BCUT2D eigenvalue weighted by Gasteiger charge is -2.23. The number of hydrogen-bond donors (Lipinski definition) is 0. The van der Waals surface area contributed by atoms with Crippen LogP contribution in [0.4, 0.5) is 4.39 Å². The Morgan fingerprint density at radius 1 is 0.968 bits per heavy atom. The van der Waals surface area contributed by atoms with Crippen molar-refractivity contribution in [3.05, 3.63) is 114 Å². The van der Waals surface area contributed by atoms with Crippen LogP contribution in [0.25, 0.3) is 5.69 Å². The highest BCUT2D eigenvalue weighted by atomic mass is 19.1. The molecule has 0 N–H and O–H groups in total. The number of para-hydroxylation sites is 1. The summed E-state index contributed by atoms with van der Waals surface area (Å²) in [5, 5.41) is 4.29. The van der Waals surface area contributed by atoms with Gasteiger partial charge < -0.3 is 4.90 Å². The molecule has 2 aromatic carbocycles. The standard InChI is InChI=1S/C25H23FN4O/c1-19-22(17-28-30(19)24-12-6-5-11-23(24)26)25(31)29(18-21-10-7-14-27-16-21)15-13-20-8-3-2-4-9-20/h2-12,14,16-17H,13,15,18H2,1H3. The Hall–Kier alpha value is -3.80. The van der Waals surface area contributed by atoms with Crippen LogP contribution in [0.1, 0.15) is 27.2 Å². The number of benzene rings is 2. The summed E-state index contributed by atoms with van der Waals surface area (Å²) in [6.45, 7) is 2.76. The number of halogens is 1. The molecule has 0 saturated carbocycles. The van der Waals surface area contributed by atoms with E-state index in [9.17, 15) is 9.18 Å². The number of aromatic nitrogens is 3. The zero-order valence-corrected chi connectivity index (χ0v) is 17.3. The molecule has 0 unspecified atom stereocenters. The van der Waals surface area contributed by atoms with Gasteiger partial charge in [0.05, 0.1) is 17.5 Å². The Balaban J connectivity index is 1.61. The van der Waals surface area contributed by atoms with Gasteiger partial charge in [0, 0.05) is 25.5 Å². The van der Waals surface area contributed by atoms with Crippen LogP contribution < -0.4 is 0 Å². The van der Waals surface area contributed by atoms with Gasteiger partial charge in [0.25, 0.3) is 5.91 Å². The highest BCUT2D eigenvalue weighted by Crippen LogP contribution is 2.19. The lowest BCUT2D eigenvalue weighted by atomic mass is 10.1. The number of hydrogen-bond acceptors (Lipinski definition) is 3. The first-order valence-electron chi connectivity index (χ1n) is 10.1. The van der Waals surface area contributed by atoms with Crippen LogP contribution in [0.2, 0.25) is 0 Å². The quantitative estimate of drug-likeness (QED) is 0.444. The summed E-state index contributed by atoms with van der Waals surface area (Å²) in [6, 6.07) is 20.3. The van der Waals surface area contributed by atoms with Gasteiger partial charge in [-0.3, -0.25) is 9.78 Å². The van der Waals surface area contributed by atoms with Crippen LogP contribution in [-0.4, -0.2) is 32.1 Å². The van der Waals surface area contributed by atoms with Crippen LogP contribution in [0.15, 0.2) is 85.3 Å². The van der Waals surface area contributed by atoms with E-state index < -0.39 is 0 Å². The maximum absolute atomic E-state index is 14.3. The van der Waals surface area contributed by atoms with Gasteiger partial charge in [-0.15, -0.1) is 0 Å². The second kappa shape index (κ2) is 9.34. The maximum atomic E-state index is 14.3. The van der Waals surface area contributed by atoms with Gasteiger partial charge in [0.1, 0.15) is 11.5 Å². The molecule has 6 heteroatoms.